The number of H-pyrrole nitrogens is 1. The lowest BCUT2D eigenvalue weighted by Crippen LogP contribution is -2.32. The van der Waals surface area contributed by atoms with Gasteiger partial charge in [0, 0.05) is 30.9 Å². The first-order valence-electron chi connectivity index (χ1n) is 11.6. The fraction of sp³-hybridized carbons (Fsp3) is 0.560. The smallest absolute Gasteiger partial charge is 0.182 e. The maximum Gasteiger partial charge on any atom is 0.182 e. The highest BCUT2D eigenvalue weighted by Crippen LogP contribution is 2.27. The third kappa shape index (κ3) is 10.2. The third-order valence-corrected chi connectivity index (χ3v) is 5.97. The van der Waals surface area contributed by atoms with Crippen LogP contribution >= 0.6 is 24.8 Å². The fourth-order valence-corrected chi connectivity index (χ4v) is 4.11. The number of allylic oxidation sites excluding steroid dienone is 1. The number of rotatable bonds is 13. The number of hydrogen-bond donors (Lipinski definition) is 2. The summed E-state index contributed by atoms with van der Waals surface area (Å²) in [5.74, 6) is 1.98. The van der Waals surface area contributed by atoms with Gasteiger partial charge in [0.05, 0.1) is 12.9 Å². The van der Waals surface area contributed by atoms with Crippen molar-refractivity contribution in [2.75, 3.05) is 19.7 Å². The Bertz CT molecular complexity index is 718. The zero-order chi connectivity index (χ0) is 20.9. The van der Waals surface area contributed by atoms with Crippen LogP contribution in [0.15, 0.2) is 54.8 Å². The van der Waals surface area contributed by atoms with E-state index in [-0.39, 0.29) is 24.8 Å². The average Bonchev–Trinajstić information content (AvgIpc) is 3.33. The van der Waals surface area contributed by atoms with E-state index >= 15 is 0 Å². The summed E-state index contributed by atoms with van der Waals surface area (Å²) in [5.41, 5.74) is 1.22. The summed E-state index contributed by atoms with van der Waals surface area (Å²) in [6.45, 7) is 2.65. The molecule has 1 fully saturated rings. The van der Waals surface area contributed by atoms with Crippen molar-refractivity contribution < 1.29 is 9.84 Å². The van der Waals surface area contributed by atoms with Crippen LogP contribution in [0.4, 0.5) is 0 Å². The number of para-hydroxylation sites is 1. The molecule has 1 aromatic heterocycles. The second kappa shape index (κ2) is 16.7. The summed E-state index contributed by atoms with van der Waals surface area (Å²) in [4.78, 5) is 9.45. The number of hydrogen-bond acceptors (Lipinski definition) is 4. The zero-order valence-electron chi connectivity index (χ0n) is 19.0. The summed E-state index contributed by atoms with van der Waals surface area (Å²) in [5, 5.41) is 10.4. The monoisotopic (exact) mass is 483 g/mol. The zero-order valence-corrected chi connectivity index (χ0v) is 20.6. The Labute approximate surface area is 205 Å². The number of imidazole rings is 1. The minimum absolute atomic E-state index is 0. The molecule has 1 aromatic carbocycles. The molecule has 0 amide bonds. The number of likely N-dealkylation sites (tertiary alicyclic amines) is 1. The summed E-state index contributed by atoms with van der Waals surface area (Å²) in [7, 11) is 0. The van der Waals surface area contributed by atoms with Gasteiger partial charge in [0.25, 0.3) is 0 Å². The third-order valence-electron chi connectivity index (χ3n) is 5.97. The molecule has 2 N–H and O–H groups in total. The first kappa shape index (κ1) is 28.2. The van der Waals surface area contributed by atoms with Crippen LogP contribution in [-0.4, -0.2) is 39.7 Å². The summed E-state index contributed by atoms with van der Waals surface area (Å²) in [6.07, 6.45) is 17.4. The van der Waals surface area contributed by atoms with Gasteiger partial charge in [-0.05, 0) is 50.3 Å². The van der Waals surface area contributed by atoms with Gasteiger partial charge < -0.3 is 19.7 Å². The number of nitrogens with zero attached hydrogens (tertiary/aromatic N) is 2. The number of aromatic nitrogens is 2. The molecule has 1 saturated heterocycles. The molecule has 180 valence electrons. The predicted molar refractivity (Wildman–Crippen MR) is 136 cm³/mol. The topological polar surface area (TPSA) is 61.4 Å². The van der Waals surface area contributed by atoms with Gasteiger partial charge in [-0.15, -0.1) is 24.8 Å². The highest BCUT2D eigenvalue weighted by molar-refractivity contribution is 5.85. The van der Waals surface area contributed by atoms with Crippen LogP contribution in [-0.2, 0) is 0 Å². The van der Waals surface area contributed by atoms with E-state index in [0.29, 0.717) is 11.8 Å². The fourth-order valence-electron chi connectivity index (χ4n) is 4.11. The molecular formula is C25H39Cl2N3O2. The van der Waals surface area contributed by atoms with Crippen LogP contribution < -0.4 is 4.74 Å². The first-order valence-corrected chi connectivity index (χ1v) is 11.6. The van der Waals surface area contributed by atoms with E-state index in [1.807, 2.05) is 42.6 Å². The highest BCUT2D eigenvalue weighted by atomic mass is 35.5. The van der Waals surface area contributed by atoms with Crippen LogP contribution in [0, 0.1) is 0 Å². The molecule has 0 radical (unpaired) electrons. The van der Waals surface area contributed by atoms with Gasteiger partial charge in [-0.3, -0.25) is 0 Å². The summed E-state index contributed by atoms with van der Waals surface area (Å²) >= 11 is 0. The van der Waals surface area contributed by atoms with Crippen molar-refractivity contribution in [1.29, 1.82) is 0 Å². The van der Waals surface area contributed by atoms with Crippen LogP contribution in [0.1, 0.15) is 75.8 Å². The first-order chi connectivity index (χ1) is 14.8. The molecule has 0 spiro atoms. The molecule has 2 heterocycles. The van der Waals surface area contributed by atoms with Crippen molar-refractivity contribution in [3.63, 3.8) is 0 Å². The Hall–Kier alpha value is -1.85. The van der Waals surface area contributed by atoms with E-state index in [9.17, 15) is 5.11 Å². The Balaban J connectivity index is 0.00000256. The van der Waals surface area contributed by atoms with Crippen molar-refractivity contribution in [2.24, 2.45) is 0 Å². The predicted octanol–water partition coefficient (Wildman–Crippen LogP) is 7.03. The second-order valence-electron chi connectivity index (χ2n) is 8.26. The van der Waals surface area contributed by atoms with Crippen molar-refractivity contribution in [3.05, 3.63) is 60.5 Å². The van der Waals surface area contributed by atoms with E-state index in [4.69, 9.17) is 4.74 Å². The van der Waals surface area contributed by atoms with Crippen molar-refractivity contribution in [1.82, 2.24) is 14.9 Å². The standard InChI is InChI=1S/C25H37N3O2.2ClH/c29-25(28-17-15-22(16-18-28)24-20-26-21-27-24)14-10-5-3-1-2-4-6-11-19-30-23-12-8-7-9-13-23;;/h7-9,12-14,20-22,29H,1-6,10-11,15-19H2,(H,26,27);2*1H. The normalized spacial score (nSPS) is 14.5. The van der Waals surface area contributed by atoms with E-state index in [0.717, 1.165) is 57.6 Å². The number of aliphatic hydroxyl groups is 1. The minimum Gasteiger partial charge on any atom is -0.495 e. The second-order valence-corrected chi connectivity index (χ2v) is 8.26. The lowest BCUT2D eigenvalue weighted by atomic mass is 9.94. The number of benzene rings is 1. The molecular weight excluding hydrogens is 445 g/mol. The maximum atomic E-state index is 10.4. The molecule has 0 bridgehead atoms. The number of nitrogens with one attached hydrogen (secondary N) is 1. The van der Waals surface area contributed by atoms with Gasteiger partial charge in [0.2, 0.25) is 0 Å². The number of aliphatic hydroxyl groups excluding tert-OH is 1. The van der Waals surface area contributed by atoms with E-state index < -0.39 is 0 Å². The molecule has 3 rings (SSSR count). The van der Waals surface area contributed by atoms with Crippen LogP contribution in [0.3, 0.4) is 0 Å². The SMILES string of the molecule is Cl.Cl.OC(=CCCCCCCCCCOc1ccccc1)N1CCC(c2cnc[nH]2)CC1. The number of piperidine rings is 1. The highest BCUT2D eigenvalue weighted by Gasteiger charge is 2.22. The Morgan fingerprint density at radius 3 is 2.31 bits per heavy atom. The maximum absolute atomic E-state index is 10.4. The molecule has 0 unspecified atom stereocenters. The van der Waals surface area contributed by atoms with Crippen LogP contribution in [0.25, 0.3) is 0 Å². The minimum atomic E-state index is 0. The largest absolute Gasteiger partial charge is 0.495 e. The van der Waals surface area contributed by atoms with Gasteiger partial charge >= 0.3 is 0 Å². The molecule has 0 atom stereocenters. The molecule has 0 aliphatic carbocycles. The molecule has 2 aromatic rings. The van der Waals surface area contributed by atoms with E-state index in [1.165, 1.54) is 37.8 Å². The van der Waals surface area contributed by atoms with Crippen LogP contribution in [0.5, 0.6) is 5.75 Å². The van der Waals surface area contributed by atoms with Gasteiger partial charge in [-0.25, -0.2) is 4.98 Å². The Kier molecular flexibility index (Phi) is 14.7. The molecule has 0 saturated carbocycles. The number of unbranched alkanes of at least 4 members (excludes halogenated alkanes) is 7. The Morgan fingerprint density at radius 2 is 1.66 bits per heavy atom. The lowest BCUT2D eigenvalue weighted by molar-refractivity contribution is 0.163. The molecule has 7 heteroatoms. The van der Waals surface area contributed by atoms with Gasteiger partial charge in [0.1, 0.15) is 5.75 Å². The lowest BCUT2D eigenvalue weighted by Gasteiger charge is -2.32. The Morgan fingerprint density at radius 1 is 1.00 bits per heavy atom. The van der Waals surface area contributed by atoms with E-state index in [2.05, 4.69) is 14.9 Å². The molecule has 1 aliphatic rings. The van der Waals surface area contributed by atoms with Gasteiger partial charge in [0.15, 0.2) is 5.88 Å². The summed E-state index contributed by atoms with van der Waals surface area (Å²) in [6, 6.07) is 10.0. The molecule has 1 aliphatic heterocycles. The quantitative estimate of drug-likeness (QED) is 0.237. The molecule has 32 heavy (non-hydrogen) atoms. The number of halogens is 2. The summed E-state index contributed by atoms with van der Waals surface area (Å²) < 4.78 is 5.72. The van der Waals surface area contributed by atoms with Crippen molar-refractivity contribution in [2.45, 2.75) is 70.1 Å². The van der Waals surface area contributed by atoms with Crippen LogP contribution in [0.2, 0.25) is 0 Å². The van der Waals surface area contributed by atoms with Gasteiger partial charge in [-0.2, -0.15) is 0 Å². The van der Waals surface area contributed by atoms with Crippen molar-refractivity contribution >= 4 is 24.8 Å². The van der Waals surface area contributed by atoms with Crippen molar-refractivity contribution in [3.8, 4) is 5.75 Å². The van der Waals surface area contributed by atoms with Gasteiger partial charge in [-0.1, -0.05) is 50.3 Å². The average molecular weight is 485 g/mol. The molecule has 5 nitrogen and oxygen atoms in total. The number of aromatic amines is 1. The van der Waals surface area contributed by atoms with E-state index in [1.54, 1.807) is 6.33 Å². The number of ether oxygens (including phenoxy) is 1.